The fourth-order valence-electron chi connectivity index (χ4n) is 4.17. The van der Waals surface area contributed by atoms with Crippen LogP contribution in [0.1, 0.15) is 41.6 Å². The first-order chi connectivity index (χ1) is 15.4. The predicted octanol–water partition coefficient (Wildman–Crippen LogP) is 4.70. The van der Waals surface area contributed by atoms with Gasteiger partial charge in [-0.15, -0.1) is 21.5 Å². The van der Waals surface area contributed by atoms with Gasteiger partial charge in [-0.25, -0.2) is 4.98 Å². The molecule has 0 saturated carbocycles. The molecule has 3 aromatic heterocycles. The molecule has 5 rings (SSSR count). The smallest absolute Gasteiger partial charge is 0.342 e. The van der Waals surface area contributed by atoms with Gasteiger partial charge in [0.1, 0.15) is 5.82 Å². The summed E-state index contributed by atoms with van der Waals surface area (Å²) in [4.78, 5) is 19.2. The molecule has 6 nitrogen and oxygen atoms in total. The number of pyridine rings is 1. The number of rotatable bonds is 4. The summed E-state index contributed by atoms with van der Waals surface area (Å²) < 4.78 is 41.9. The minimum Gasteiger partial charge on any atom is -0.342 e. The molecule has 0 aliphatic carbocycles. The van der Waals surface area contributed by atoms with Gasteiger partial charge < -0.3 is 4.90 Å². The number of amides is 1. The van der Waals surface area contributed by atoms with Crippen LogP contribution in [-0.2, 0) is 17.4 Å². The second-order valence-electron chi connectivity index (χ2n) is 7.96. The lowest BCUT2D eigenvalue weighted by molar-refractivity contribution is -0.137. The van der Waals surface area contributed by atoms with Crippen LogP contribution in [0.15, 0.2) is 42.6 Å². The molecule has 166 valence electrons. The van der Waals surface area contributed by atoms with Crippen molar-refractivity contribution in [1.29, 1.82) is 0 Å². The molecule has 1 aromatic carbocycles. The normalized spacial score (nSPS) is 17.3. The molecule has 10 heteroatoms. The first-order valence-electron chi connectivity index (χ1n) is 10.4. The molecule has 0 radical (unpaired) electrons. The molecule has 1 amide bonds. The van der Waals surface area contributed by atoms with Gasteiger partial charge in [0.25, 0.3) is 0 Å². The number of aryl methyl sites for hydroxylation is 1. The minimum atomic E-state index is -4.44. The summed E-state index contributed by atoms with van der Waals surface area (Å²) in [6.45, 7) is 1.06. The number of aromatic nitrogens is 4. The van der Waals surface area contributed by atoms with Gasteiger partial charge in [-0.1, -0.05) is 12.1 Å². The third-order valence-electron chi connectivity index (χ3n) is 5.79. The van der Waals surface area contributed by atoms with E-state index in [2.05, 4.69) is 15.2 Å². The molecule has 32 heavy (non-hydrogen) atoms. The largest absolute Gasteiger partial charge is 0.417 e. The summed E-state index contributed by atoms with van der Waals surface area (Å²) in [6, 6.07) is 10.2. The SMILES string of the molecule is O=C(CCc1nc2ccccc2s1)N1CCCC(c2nnc3ccc(C(F)(F)F)cn23)C1. The quantitative estimate of drug-likeness (QED) is 0.444. The van der Waals surface area contributed by atoms with E-state index >= 15 is 0 Å². The van der Waals surface area contributed by atoms with Crippen LogP contribution in [-0.4, -0.2) is 43.5 Å². The van der Waals surface area contributed by atoms with Gasteiger partial charge in [-0.2, -0.15) is 13.2 Å². The number of benzene rings is 1. The highest BCUT2D eigenvalue weighted by Gasteiger charge is 2.32. The first-order valence-corrected chi connectivity index (χ1v) is 11.2. The fraction of sp³-hybridized carbons (Fsp3) is 0.364. The Morgan fingerprint density at radius 1 is 1.16 bits per heavy atom. The zero-order valence-electron chi connectivity index (χ0n) is 17.0. The highest BCUT2D eigenvalue weighted by atomic mass is 32.1. The molecular formula is C22H20F3N5OS. The monoisotopic (exact) mass is 459 g/mol. The molecule has 0 N–H and O–H groups in total. The molecular weight excluding hydrogens is 439 g/mol. The van der Waals surface area contributed by atoms with Crippen LogP contribution in [0.25, 0.3) is 15.9 Å². The van der Waals surface area contributed by atoms with Crippen LogP contribution in [0.2, 0.25) is 0 Å². The summed E-state index contributed by atoms with van der Waals surface area (Å²) in [5.41, 5.74) is 0.563. The average molecular weight is 459 g/mol. The number of carbonyl (C=O) groups is 1. The molecule has 4 heterocycles. The lowest BCUT2D eigenvalue weighted by Crippen LogP contribution is -2.39. The van der Waals surface area contributed by atoms with Gasteiger partial charge in [0.05, 0.1) is 20.8 Å². The number of para-hydroxylation sites is 1. The van der Waals surface area contributed by atoms with Gasteiger partial charge in [0.15, 0.2) is 5.65 Å². The highest BCUT2D eigenvalue weighted by molar-refractivity contribution is 7.18. The third-order valence-corrected chi connectivity index (χ3v) is 6.88. The maximum atomic E-state index is 13.1. The minimum absolute atomic E-state index is 0.0266. The Labute approximate surface area is 185 Å². The predicted molar refractivity (Wildman–Crippen MR) is 114 cm³/mol. The van der Waals surface area contributed by atoms with E-state index in [1.165, 1.54) is 10.5 Å². The molecule has 1 saturated heterocycles. The molecule has 1 aliphatic rings. The summed E-state index contributed by atoms with van der Waals surface area (Å²) in [7, 11) is 0. The van der Waals surface area contributed by atoms with E-state index < -0.39 is 11.7 Å². The zero-order valence-corrected chi connectivity index (χ0v) is 17.9. The van der Waals surface area contributed by atoms with Crippen LogP contribution >= 0.6 is 11.3 Å². The molecule has 0 spiro atoms. The van der Waals surface area contributed by atoms with Crippen LogP contribution in [0.4, 0.5) is 13.2 Å². The van der Waals surface area contributed by atoms with Crippen molar-refractivity contribution in [3.05, 3.63) is 59.0 Å². The van der Waals surface area contributed by atoms with Crippen LogP contribution in [0, 0.1) is 0 Å². The Morgan fingerprint density at radius 3 is 2.81 bits per heavy atom. The van der Waals surface area contributed by atoms with Crippen molar-refractivity contribution in [3.8, 4) is 0 Å². The van der Waals surface area contributed by atoms with Crippen molar-refractivity contribution in [2.75, 3.05) is 13.1 Å². The average Bonchev–Trinajstić information content (AvgIpc) is 3.40. The number of carbonyl (C=O) groups excluding carboxylic acids is 1. The van der Waals surface area contributed by atoms with Gasteiger partial charge in [0.2, 0.25) is 5.91 Å². The maximum absolute atomic E-state index is 13.1. The van der Waals surface area contributed by atoms with Gasteiger partial charge >= 0.3 is 6.18 Å². The number of piperidine rings is 1. The number of alkyl halides is 3. The number of nitrogens with zero attached hydrogens (tertiary/aromatic N) is 5. The van der Waals surface area contributed by atoms with Crippen molar-refractivity contribution in [3.63, 3.8) is 0 Å². The van der Waals surface area contributed by atoms with E-state index in [-0.39, 0.29) is 11.8 Å². The van der Waals surface area contributed by atoms with Gasteiger partial charge in [-0.3, -0.25) is 9.20 Å². The van der Waals surface area contributed by atoms with Gasteiger partial charge in [-0.05, 0) is 37.1 Å². The van der Waals surface area contributed by atoms with Crippen molar-refractivity contribution in [2.24, 2.45) is 0 Å². The van der Waals surface area contributed by atoms with E-state index in [0.29, 0.717) is 37.4 Å². The summed E-state index contributed by atoms with van der Waals surface area (Å²) in [5, 5.41) is 9.10. The van der Waals surface area contributed by atoms with Crippen molar-refractivity contribution < 1.29 is 18.0 Å². The van der Waals surface area contributed by atoms with E-state index in [9.17, 15) is 18.0 Å². The summed E-state index contributed by atoms with van der Waals surface area (Å²) in [6.07, 6.45) is -0.957. The number of hydrogen-bond donors (Lipinski definition) is 0. The number of thiazole rings is 1. The number of hydrogen-bond acceptors (Lipinski definition) is 5. The van der Waals surface area contributed by atoms with Crippen LogP contribution in [0.5, 0.6) is 0 Å². The lowest BCUT2D eigenvalue weighted by Gasteiger charge is -2.32. The second kappa shape index (κ2) is 8.16. The standard InChI is InChI=1S/C22H20F3N5OS/c23-22(24,25)15-7-8-18-27-28-21(30(18)13-15)14-4-3-11-29(12-14)20(31)10-9-19-26-16-5-1-2-6-17(16)32-19/h1-2,5-8,13-14H,3-4,9-12H2. The van der Waals surface area contributed by atoms with Crippen molar-refractivity contribution in [2.45, 2.75) is 37.8 Å². The summed E-state index contributed by atoms with van der Waals surface area (Å²) in [5.74, 6) is 0.335. The third kappa shape index (κ3) is 4.06. The van der Waals surface area contributed by atoms with E-state index in [1.54, 1.807) is 16.2 Å². The molecule has 1 fully saturated rings. The van der Waals surface area contributed by atoms with E-state index in [4.69, 9.17) is 0 Å². The lowest BCUT2D eigenvalue weighted by atomic mass is 9.96. The van der Waals surface area contributed by atoms with Crippen LogP contribution < -0.4 is 0 Å². The maximum Gasteiger partial charge on any atom is 0.417 e. The van der Waals surface area contributed by atoms with Gasteiger partial charge in [0, 0.05) is 38.0 Å². The zero-order chi connectivity index (χ0) is 22.3. The topological polar surface area (TPSA) is 63.4 Å². The van der Waals surface area contributed by atoms with E-state index in [0.717, 1.165) is 40.3 Å². The summed E-state index contributed by atoms with van der Waals surface area (Å²) >= 11 is 1.59. The second-order valence-corrected chi connectivity index (χ2v) is 9.07. The number of halogens is 3. The molecule has 1 unspecified atom stereocenters. The Balaban J connectivity index is 1.29. The highest BCUT2D eigenvalue weighted by Crippen LogP contribution is 2.31. The fourth-order valence-corrected chi connectivity index (χ4v) is 5.13. The Hall–Kier alpha value is -3.01. The van der Waals surface area contributed by atoms with Crippen molar-refractivity contribution in [1.82, 2.24) is 24.5 Å². The number of fused-ring (bicyclic) bond motifs is 2. The molecule has 1 atom stereocenters. The first kappa shape index (κ1) is 20.9. The Morgan fingerprint density at radius 2 is 2.00 bits per heavy atom. The van der Waals surface area contributed by atoms with Crippen molar-refractivity contribution >= 4 is 33.1 Å². The number of likely N-dealkylation sites (tertiary alicyclic amines) is 1. The van der Waals surface area contributed by atoms with Crippen LogP contribution in [0.3, 0.4) is 0 Å². The Kier molecular flexibility index (Phi) is 5.32. The molecule has 1 aliphatic heterocycles. The Bertz CT molecular complexity index is 1250. The molecule has 4 aromatic rings. The van der Waals surface area contributed by atoms with E-state index in [1.807, 2.05) is 24.3 Å². The molecule has 0 bridgehead atoms.